The van der Waals surface area contributed by atoms with Crippen LogP contribution >= 0.6 is 0 Å². The molecule has 0 aliphatic rings. The lowest BCUT2D eigenvalue weighted by molar-refractivity contribution is 0.481. The summed E-state index contributed by atoms with van der Waals surface area (Å²) in [4.78, 5) is 26.2. The molecule has 6 N–H and O–H groups in total. The summed E-state index contributed by atoms with van der Waals surface area (Å²) in [5, 5.41) is 2.30. The lowest BCUT2D eigenvalue weighted by atomic mass is 9.84. The monoisotopic (exact) mass is 572 g/mol. The second-order valence-corrected chi connectivity index (χ2v) is 12.5. The van der Waals surface area contributed by atoms with Gasteiger partial charge in [0.25, 0.3) is 20.2 Å². The molecule has 0 fully saturated rings. The third-order valence-electron chi connectivity index (χ3n) is 7.56. The van der Waals surface area contributed by atoms with Gasteiger partial charge in [-0.25, -0.2) is 0 Å². The van der Waals surface area contributed by atoms with Crippen LogP contribution in [-0.4, -0.2) is 25.9 Å². The number of hydrogen-bond acceptors (Lipinski definition) is 8. The van der Waals surface area contributed by atoms with Crippen molar-refractivity contribution in [1.82, 2.24) is 0 Å². The van der Waals surface area contributed by atoms with Gasteiger partial charge in [0.2, 0.25) is 0 Å². The third-order valence-corrected chi connectivity index (χ3v) is 9.29. The molecule has 0 spiro atoms. The maximum atomic E-state index is 13.9. The molecule has 0 saturated carbocycles. The van der Waals surface area contributed by atoms with Crippen molar-refractivity contribution in [1.29, 1.82) is 0 Å². The van der Waals surface area contributed by atoms with Crippen LogP contribution in [0.2, 0.25) is 0 Å². The Morgan fingerprint density at radius 1 is 0.525 bits per heavy atom. The van der Waals surface area contributed by atoms with Crippen LogP contribution in [0.25, 0.3) is 64.6 Å². The Morgan fingerprint density at radius 3 is 1.80 bits per heavy atom. The van der Waals surface area contributed by atoms with Crippen molar-refractivity contribution in [2.45, 2.75) is 9.79 Å². The Morgan fingerprint density at radius 2 is 1.12 bits per heavy atom. The summed E-state index contributed by atoms with van der Waals surface area (Å²) in [6.07, 6.45) is 0. The van der Waals surface area contributed by atoms with Crippen LogP contribution in [0.4, 0.5) is 11.4 Å². The van der Waals surface area contributed by atoms with Gasteiger partial charge >= 0.3 is 0 Å². The number of rotatable bonds is 2. The number of anilines is 2. The first-order valence-electron chi connectivity index (χ1n) is 11.7. The SMILES string of the molecule is Nc1c(S(=O)(=O)O)cc2c3cc(S(=O)(=O)O)cc4c(=O)c5ccccc5c(c43)c3c4c(N)cccc4c(=O)c1c23. The first-order chi connectivity index (χ1) is 18.8. The van der Waals surface area contributed by atoms with Crippen LogP contribution in [-0.2, 0) is 20.2 Å². The maximum absolute atomic E-state index is 13.9. The van der Waals surface area contributed by atoms with E-state index in [0.29, 0.717) is 21.5 Å². The minimum Gasteiger partial charge on any atom is -0.398 e. The smallest absolute Gasteiger partial charge is 0.296 e. The van der Waals surface area contributed by atoms with Gasteiger partial charge in [-0.1, -0.05) is 36.4 Å². The molecule has 10 nitrogen and oxygen atoms in total. The molecule has 0 aliphatic carbocycles. The molecule has 12 heteroatoms. The molecule has 0 bridgehead atoms. The van der Waals surface area contributed by atoms with Gasteiger partial charge in [0.1, 0.15) is 4.90 Å². The molecule has 0 aromatic heterocycles. The largest absolute Gasteiger partial charge is 0.398 e. The summed E-state index contributed by atoms with van der Waals surface area (Å²) < 4.78 is 69.4. The Labute approximate surface area is 224 Å². The van der Waals surface area contributed by atoms with Crippen LogP contribution in [0.5, 0.6) is 0 Å². The van der Waals surface area contributed by atoms with Gasteiger partial charge in [0.05, 0.1) is 16.0 Å². The van der Waals surface area contributed by atoms with Crippen molar-refractivity contribution < 1.29 is 25.9 Å². The van der Waals surface area contributed by atoms with Crippen molar-refractivity contribution in [2.75, 3.05) is 11.5 Å². The molecule has 0 unspecified atom stereocenters. The summed E-state index contributed by atoms with van der Waals surface area (Å²) in [5.74, 6) is 0. The molecule has 40 heavy (non-hydrogen) atoms. The Kier molecular flexibility index (Phi) is 4.59. The average molecular weight is 573 g/mol. The lowest BCUT2D eigenvalue weighted by Gasteiger charge is -2.20. The van der Waals surface area contributed by atoms with E-state index in [-0.39, 0.29) is 48.8 Å². The third kappa shape index (κ3) is 2.98. The topological polar surface area (TPSA) is 195 Å². The van der Waals surface area contributed by atoms with Gasteiger partial charge in [-0.2, -0.15) is 16.8 Å². The number of hydrogen-bond donors (Lipinski definition) is 4. The highest BCUT2D eigenvalue weighted by Gasteiger charge is 2.28. The van der Waals surface area contributed by atoms with Gasteiger partial charge in [-0.15, -0.1) is 0 Å². The first kappa shape index (κ1) is 24.4. The Hall–Kier alpha value is -4.62. The van der Waals surface area contributed by atoms with E-state index in [9.17, 15) is 35.5 Å². The van der Waals surface area contributed by atoms with Gasteiger partial charge < -0.3 is 11.5 Å². The number of benzene rings is 7. The van der Waals surface area contributed by atoms with Gasteiger partial charge in [0, 0.05) is 43.4 Å². The van der Waals surface area contributed by atoms with E-state index < -0.39 is 46.6 Å². The van der Waals surface area contributed by atoms with E-state index in [4.69, 9.17) is 11.5 Å². The Bertz CT molecular complexity index is 2650. The minimum atomic E-state index is -4.97. The number of nitrogen functional groups attached to an aromatic ring is 2. The molecule has 0 saturated heterocycles. The van der Waals surface area contributed by atoms with E-state index in [2.05, 4.69) is 0 Å². The Balaban J connectivity index is 2.05. The molecule has 7 rings (SSSR count). The normalized spacial score (nSPS) is 13.1. The van der Waals surface area contributed by atoms with E-state index in [1.165, 1.54) is 6.07 Å². The quantitative estimate of drug-likeness (QED) is 0.102. The summed E-state index contributed by atoms with van der Waals surface area (Å²) in [6, 6.07) is 14.5. The molecule has 198 valence electrons. The molecule has 0 amide bonds. The van der Waals surface area contributed by atoms with Gasteiger partial charge in [-0.05, 0) is 45.8 Å². The van der Waals surface area contributed by atoms with Crippen LogP contribution in [0, 0.1) is 0 Å². The van der Waals surface area contributed by atoms with Crippen molar-refractivity contribution in [3.63, 3.8) is 0 Å². The zero-order chi connectivity index (χ0) is 28.5. The lowest BCUT2D eigenvalue weighted by Crippen LogP contribution is -2.13. The predicted molar refractivity (Wildman–Crippen MR) is 155 cm³/mol. The molecule has 0 heterocycles. The molecule has 0 atom stereocenters. The molecule has 0 radical (unpaired) electrons. The van der Waals surface area contributed by atoms with E-state index >= 15 is 0 Å². The number of fused-ring (bicyclic) bond motifs is 6. The maximum Gasteiger partial charge on any atom is 0.296 e. The van der Waals surface area contributed by atoms with Crippen LogP contribution in [0.3, 0.4) is 0 Å². The fraction of sp³-hybridized carbons (Fsp3) is 0. The van der Waals surface area contributed by atoms with E-state index in [0.717, 1.165) is 18.2 Å². The van der Waals surface area contributed by atoms with Gasteiger partial charge in [0.15, 0.2) is 10.9 Å². The molecular formula is C28H16N2O8S2. The highest BCUT2D eigenvalue weighted by Crippen LogP contribution is 2.48. The molecular weight excluding hydrogens is 556 g/mol. The highest BCUT2D eigenvalue weighted by molar-refractivity contribution is 7.86. The summed E-state index contributed by atoms with van der Waals surface area (Å²) in [7, 11) is -9.81. The average Bonchev–Trinajstić information content (AvgIpc) is 2.89. The summed E-state index contributed by atoms with van der Waals surface area (Å²) in [5.41, 5.74) is 11.2. The van der Waals surface area contributed by atoms with E-state index in [1.807, 2.05) is 0 Å². The minimum absolute atomic E-state index is 0.0201. The summed E-state index contributed by atoms with van der Waals surface area (Å²) >= 11 is 0. The van der Waals surface area contributed by atoms with Crippen molar-refractivity contribution in [2.24, 2.45) is 0 Å². The van der Waals surface area contributed by atoms with Crippen molar-refractivity contribution >= 4 is 96.2 Å². The van der Waals surface area contributed by atoms with E-state index in [1.54, 1.807) is 36.4 Å². The van der Waals surface area contributed by atoms with Crippen LogP contribution in [0.1, 0.15) is 0 Å². The standard InChI is InChI=1S/C28H16N2O8S2/c29-18-7-3-6-14-21(18)24-22-12-4-1-2-5-13(12)27(31)17-9-11(39(33,34)35)8-15(20(17)22)16-10-19(40(36,37)38)26(30)25(23(16)24)28(14)32/h1-10H,29-30H2,(H,33,34,35)(H,36,37,38). The van der Waals surface area contributed by atoms with Gasteiger partial charge in [-0.3, -0.25) is 18.7 Å². The molecule has 7 aromatic rings. The summed E-state index contributed by atoms with van der Waals surface area (Å²) in [6.45, 7) is 0. The zero-order valence-electron chi connectivity index (χ0n) is 20.1. The second-order valence-electron chi connectivity index (χ2n) is 9.65. The zero-order valence-corrected chi connectivity index (χ0v) is 21.7. The van der Waals surface area contributed by atoms with Crippen LogP contribution in [0.15, 0.2) is 80.0 Å². The van der Waals surface area contributed by atoms with Crippen molar-refractivity contribution in [3.05, 3.63) is 81.1 Å². The fourth-order valence-corrected chi connectivity index (χ4v) is 7.19. The van der Waals surface area contributed by atoms with Crippen LogP contribution < -0.4 is 22.3 Å². The first-order valence-corrected chi connectivity index (χ1v) is 14.6. The number of nitrogens with two attached hydrogens (primary N) is 2. The molecule has 7 aromatic carbocycles. The molecule has 0 aliphatic heterocycles. The fourth-order valence-electron chi connectivity index (χ4n) is 6.01. The van der Waals surface area contributed by atoms with Crippen molar-refractivity contribution in [3.8, 4) is 0 Å². The second kappa shape index (κ2) is 7.52. The predicted octanol–water partition coefficient (Wildman–Crippen LogP) is 3.86. The highest BCUT2D eigenvalue weighted by atomic mass is 32.2.